The summed E-state index contributed by atoms with van der Waals surface area (Å²) < 4.78 is 3.12. The fraction of sp³-hybridized carbons (Fsp3) is 0. The zero-order valence-electron chi connectivity index (χ0n) is 7.85. The van der Waals surface area contributed by atoms with Gasteiger partial charge in [-0.15, -0.1) is 0 Å². The first-order valence-corrected chi connectivity index (χ1v) is 7.69. The molecule has 0 amide bonds. The average molecular weight is 292 g/mol. The van der Waals surface area contributed by atoms with Crippen molar-refractivity contribution in [2.75, 3.05) is 0 Å². The minimum atomic E-state index is -0.699. The van der Waals surface area contributed by atoms with Gasteiger partial charge in [0.2, 0.25) is 0 Å². The summed E-state index contributed by atoms with van der Waals surface area (Å²) in [7, 11) is 0. The van der Waals surface area contributed by atoms with Gasteiger partial charge in [0.05, 0.1) is 0 Å². The molecule has 0 aromatic heterocycles. The SMILES string of the molecule is O.c1cc[c]([SnH][c]2ccccc2)cc1. The zero-order valence-corrected chi connectivity index (χ0v) is 11.1. The van der Waals surface area contributed by atoms with Gasteiger partial charge in [0.1, 0.15) is 0 Å². The molecule has 0 unspecified atom stereocenters. The van der Waals surface area contributed by atoms with Crippen molar-refractivity contribution in [3.8, 4) is 0 Å². The van der Waals surface area contributed by atoms with Gasteiger partial charge in [0, 0.05) is 0 Å². The summed E-state index contributed by atoms with van der Waals surface area (Å²) in [6, 6.07) is 21.7. The van der Waals surface area contributed by atoms with E-state index in [4.69, 9.17) is 0 Å². The monoisotopic (exact) mass is 293 g/mol. The Balaban J connectivity index is 0.000000980. The topological polar surface area (TPSA) is 31.5 Å². The molecule has 2 heteroatoms. The number of benzene rings is 2. The van der Waals surface area contributed by atoms with Crippen LogP contribution in [0.5, 0.6) is 0 Å². The number of hydrogen-bond donors (Lipinski definition) is 0. The van der Waals surface area contributed by atoms with Crippen molar-refractivity contribution in [2.45, 2.75) is 0 Å². The zero-order chi connectivity index (χ0) is 8.93. The van der Waals surface area contributed by atoms with Crippen molar-refractivity contribution in [1.82, 2.24) is 0 Å². The summed E-state index contributed by atoms with van der Waals surface area (Å²) in [6.45, 7) is 0. The van der Waals surface area contributed by atoms with Crippen LogP contribution in [0.2, 0.25) is 0 Å². The minimum absolute atomic E-state index is 0. The molecule has 2 aromatic carbocycles. The average Bonchev–Trinajstić information content (AvgIpc) is 2.21. The third-order valence-electron chi connectivity index (χ3n) is 1.93. The van der Waals surface area contributed by atoms with E-state index in [-0.39, 0.29) is 5.48 Å². The molecule has 2 rings (SSSR count). The maximum absolute atomic E-state index is 2.24. The molecule has 0 saturated heterocycles. The molecule has 0 aliphatic carbocycles. The second-order valence-corrected chi connectivity index (χ2v) is 7.60. The van der Waals surface area contributed by atoms with Crippen LogP contribution in [0.25, 0.3) is 0 Å². The van der Waals surface area contributed by atoms with Crippen LogP contribution in [0.1, 0.15) is 0 Å². The van der Waals surface area contributed by atoms with E-state index in [2.05, 4.69) is 60.7 Å². The Bertz CT molecular complexity index is 321. The maximum atomic E-state index is 2.24. The fourth-order valence-electron chi connectivity index (χ4n) is 1.29. The quantitative estimate of drug-likeness (QED) is 0.711. The molecule has 0 bridgehead atoms. The predicted molar refractivity (Wildman–Crippen MR) is 62.9 cm³/mol. The van der Waals surface area contributed by atoms with Gasteiger partial charge in [-0.25, -0.2) is 0 Å². The summed E-state index contributed by atoms with van der Waals surface area (Å²) >= 11 is -0.699. The Labute approximate surface area is 94.3 Å². The molecule has 0 spiro atoms. The Hall–Kier alpha value is -0.801. The van der Waals surface area contributed by atoms with Crippen molar-refractivity contribution in [2.24, 2.45) is 0 Å². The second kappa shape index (κ2) is 5.83. The third-order valence-corrected chi connectivity index (χ3v) is 6.03. The van der Waals surface area contributed by atoms with E-state index in [1.165, 1.54) is 0 Å². The Kier molecular flexibility index (Phi) is 4.70. The van der Waals surface area contributed by atoms with E-state index in [1.807, 2.05) is 0 Å². The Morgan fingerprint density at radius 2 is 0.929 bits per heavy atom. The molecule has 2 N–H and O–H groups in total. The first kappa shape index (κ1) is 11.3. The van der Waals surface area contributed by atoms with Crippen molar-refractivity contribution >= 4 is 28.3 Å². The Morgan fingerprint density at radius 1 is 0.571 bits per heavy atom. The first-order chi connectivity index (χ1) is 6.45. The molecule has 0 aliphatic rings. The van der Waals surface area contributed by atoms with Crippen molar-refractivity contribution in [3.05, 3.63) is 60.7 Å². The molecule has 1 radical (unpaired) electrons. The molecule has 2 aromatic rings. The van der Waals surface area contributed by atoms with Crippen LogP contribution in [0.3, 0.4) is 0 Å². The van der Waals surface area contributed by atoms with Crippen LogP contribution in [0.4, 0.5) is 0 Å². The molecule has 0 aliphatic heterocycles. The predicted octanol–water partition coefficient (Wildman–Crippen LogP) is 0.249. The van der Waals surface area contributed by atoms with Crippen LogP contribution >= 0.6 is 0 Å². The van der Waals surface area contributed by atoms with Gasteiger partial charge >= 0.3 is 89.0 Å². The van der Waals surface area contributed by atoms with Gasteiger partial charge < -0.3 is 5.48 Å². The van der Waals surface area contributed by atoms with Crippen molar-refractivity contribution in [3.63, 3.8) is 0 Å². The number of hydrogen-bond acceptors (Lipinski definition) is 0. The van der Waals surface area contributed by atoms with Gasteiger partial charge in [-0.3, -0.25) is 0 Å². The second-order valence-electron chi connectivity index (χ2n) is 2.97. The Morgan fingerprint density at radius 3 is 1.29 bits per heavy atom. The van der Waals surface area contributed by atoms with E-state index in [0.29, 0.717) is 0 Å². The van der Waals surface area contributed by atoms with Crippen LogP contribution in [-0.2, 0) is 0 Å². The molecule has 1 nitrogen and oxygen atoms in total. The molecular formula is C12H13OSn. The summed E-state index contributed by atoms with van der Waals surface area (Å²) in [5.41, 5.74) is 0. The first-order valence-electron chi connectivity index (χ1n) is 4.40. The van der Waals surface area contributed by atoms with Crippen molar-refractivity contribution in [1.29, 1.82) is 0 Å². The van der Waals surface area contributed by atoms with Crippen LogP contribution in [0, 0.1) is 0 Å². The van der Waals surface area contributed by atoms with E-state index in [9.17, 15) is 0 Å². The standard InChI is InChI=1S/2C6H5.H2O.Sn.H/c2*1-2-4-6-5-3-1;;;/h2*1-5H;1H2;;. The molecule has 0 saturated carbocycles. The van der Waals surface area contributed by atoms with Crippen LogP contribution in [0.15, 0.2) is 60.7 Å². The molecule has 14 heavy (non-hydrogen) atoms. The summed E-state index contributed by atoms with van der Waals surface area (Å²) in [6.07, 6.45) is 0. The van der Waals surface area contributed by atoms with Gasteiger partial charge in [0.15, 0.2) is 0 Å². The molecule has 71 valence electrons. The van der Waals surface area contributed by atoms with Crippen LogP contribution < -0.4 is 7.16 Å². The van der Waals surface area contributed by atoms with E-state index < -0.39 is 21.1 Å². The van der Waals surface area contributed by atoms with E-state index in [0.717, 1.165) is 0 Å². The van der Waals surface area contributed by atoms with Crippen molar-refractivity contribution < 1.29 is 5.48 Å². The van der Waals surface area contributed by atoms with Gasteiger partial charge in [-0.05, 0) is 0 Å². The summed E-state index contributed by atoms with van der Waals surface area (Å²) in [5, 5.41) is 0. The molecule has 0 atom stereocenters. The third kappa shape index (κ3) is 3.16. The summed E-state index contributed by atoms with van der Waals surface area (Å²) in [4.78, 5) is 0. The van der Waals surface area contributed by atoms with Crippen LogP contribution in [-0.4, -0.2) is 26.6 Å². The van der Waals surface area contributed by atoms with E-state index in [1.54, 1.807) is 7.16 Å². The van der Waals surface area contributed by atoms with E-state index >= 15 is 0 Å². The van der Waals surface area contributed by atoms with Gasteiger partial charge in [0.25, 0.3) is 0 Å². The fourth-order valence-corrected chi connectivity index (χ4v) is 4.76. The summed E-state index contributed by atoms with van der Waals surface area (Å²) in [5.74, 6) is 0. The number of rotatable bonds is 2. The normalized spacial score (nSPS) is 9.14. The molecule has 0 fully saturated rings. The van der Waals surface area contributed by atoms with Gasteiger partial charge in [-0.1, -0.05) is 0 Å². The molecule has 0 heterocycles. The van der Waals surface area contributed by atoms with Gasteiger partial charge in [-0.2, -0.15) is 0 Å². The molecular weight excluding hydrogens is 279 g/mol.